The molecule has 0 aliphatic carbocycles. The Balaban J connectivity index is 1.37. The number of nitrogens with zero attached hydrogens (tertiary/aromatic N) is 1. The maximum absolute atomic E-state index is 12.6. The van der Waals surface area contributed by atoms with Crippen molar-refractivity contribution < 1.29 is 19.1 Å². The van der Waals surface area contributed by atoms with E-state index in [0.717, 1.165) is 16.8 Å². The van der Waals surface area contributed by atoms with E-state index < -0.39 is 18.0 Å². The van der Waals surface area contributed by atoms with E-state index in [4.69, 9.17) is 9.47 Å². The first-order valence-electron chi connectivity index (χ1n) is 9.90. The number of carbonyl (C=O) groups excluding carboxylic acids is 2. The molecule has 4 rings (SSSR count). The van der Waals surface area contributed by atoms with Crippen LogP contribution in [0.15, 0.2) is 79.1 Å². The molecule has 1 atom stereocenters. The van der Waals surface area contributed by atoms with Crippen molar-refractivity contribution in [1.29, 1.82) is 0 Å². The number of amides is 1. The van der Waals surface area contributed by atoms with Gasteiger partial charge in [0, 0.05) is 5.69 Å². The zero-order chi connectivity index (χ0) is 21.6. The Bertz CT molecular complexity index is 1190. The van der Waals surface area contributed by atoms with Crippen molar-refractivity contribution >= 4 is 28.6 Å². The molecular formula is C24H21N3O4. The fraction of sp³-hybridized carbons (Fsp3) is 0.125. The van der Waals surface area contributed by atoms with Gasteiger partial charge in [0.2, 0.25) is 0 Å². The van der Waals surface area contributed by atoms with E-state index in [0.29, 0.717) is 23.4 Å². The largest absolute Gasteiger partial charge is 0.457 e. The molecule has 2 N–H and O–H groups in total. The Morgan fingerprint density at radius 3 is 2.48 bits per heavy atom. The van der Waals surface area contributed by atoms with Crippen LogP contribution in [0.4, 0.5) is 5.69 Å². The summed E-state index contributed by atoms with van der Waals surface area (Å²) in [5, 5.41) is 2.78. The molecule has 1 heterocycles. The van der Waals surface area contributed by atoms with Crippen LogP contribution in [0.1, 0.15) is 23.7 Å². The molecule has 4 aromatic rings. The lowest BCUT2D eigenvalue weighted by atomic mass is 10.2. The number of anilines is 1. The zero-order valence-corrected chi connectivity index (χ0v) is 16.9. The monoisotopic (exact) mass is 415 g/mol. The second-order valence-corrected chi connectivity index (χ2v) is 6.87. The predicted octanol–water partition coefficient (Wildman–Crippen LogP) is 4.93. The number of nitrogens with one attached hydrogen (secondary N) is 2. The van der Waals surface area contributed by atoms with E-state index in [1.165, 1.54) is 0 Å². The summed E-state index contributed by atoms with van der Waals surface area (Å²) in [6.07, 6.45) is 0.988. The molecule has 3 aromatic carbocycles. The average Bonchev–Trinajstić information content (AvgIpc) is 3.27. The summed E-state index contributed by atoms with van der Waals surface area (Å²) >= 11 is 0. The lowest BCUT2D eigenvalue weighted by Gasteiger charge is -2.16. The number of para-hydroxylation sites is 1. The van der Waals surface area contributed by atoms with Crippen LogP contribution in [0.2, 0.25) is 0 Å². The maximum atomic E-state index is 12.6. The Morgan fingerprint density at radius 1 is 1.00 bits per heavy atom. The van der Waals surface area contributed by atoms with Gasteiger partial charge in [0.25, 0.3) is 5.91 Å². The highest BCUT2D eigenvalue weighted by molar-refractivity contribution is 5.98. The van der Waals surface area contributed by atoms with Crippen molar-refractivity contribution in [2.24, 2.45) is 0 Å². The lowest BCUT2D eigenvalue weighted by Crippen LogP contribution is -2.32. The highest BCUT2D eigenvalue weighted by Crippen LogP contribution is 2.23. The number of aromatic nitrogens is 2. The first kappa shape index (κ1) is 20.2. The molecule has 0 saturated carbocycles. The van der Waals surface area contributed by atoms with E-state index >= 15 is 0 Å². The molecule has 0 bridgehead atoms. The fourth-order valence-corrected chi connectivity index (χ4v) is 3.04. The topological polar surface area (TPSA) is 93.3 Å². The third-order valence-corrected chi connectivity index (χ3v) is 4.67. The lowest BCUT2D eigenvalue weighted by molar-refractivity contribution is -0.124. The maximum Gasteiger partial charge on any atom is 0.338 e. The van der Waals surface area contributed by atoms with Gasteiger partial charge in [-0.25, -0.2) is 9.78 Å². The summed E-state index contributed by atoms with van der Waals surface area (Å²) in [6.45, 7) is 1.78. The molecule has 31 heavy (non-hydrogen) atoms. The molecule has 1 aromatic heterocycles. The van der Waals surface area contributed by atoms with Crippen molar-refractivity contribution in [1.82, 2.24) is 9.97 Å². The minimum Gasteiger partial charge on any atom is -0.457 e. The normalized spacial score (nSPS) is 11.6. The van der Waals surface area contributed by atoms with Crippen LogP contribution in [-0.2, 0) is 9.53 Å². The fourth-order valence-electron chi connectivity index (χ4n) is 3.04. The quantitative estimate of drug-likeness (QED) is 0.418. The average molecular weight is 415 g/mol. The predicted molar refractivity (Wildman–Crippen MR) is 117 cm³/mol. The summed E-state index contributed by atoms with van der Waals surface area (Å²) in [5.41, 5.74) is 2.41. The molecule has 156 valence electrons. The van der Waals surface area contributed by atoms with Gasteiger partial charge in [-0.05, 0) is 61.0 Å². The first-order valence-corrected chi connectivity index (χ1v) is 9.90. The van der Waals surface area contributed by atoms with E-state index in [1.807, 2.05) is 30.3 Å². The number of imidazole rings is 1. The van der Waals surface area contributed by atoms with Gasteiger partial charge in [0.1, 0.15) is 11.5 Å². The standard InChI is InChI=1S/C24H21N3O4/c1-2-22(31-24(29)16-8-13-20-21(14-16)26-15-25-20)23(28)27-17-9-11-19(12-10-17)30-18-6-4-3-5-7-18/h3-15,22H,2H2,1H3,(H,25,26)(H,27,28). The number of hydrogen-bond acceptors (Lipinski definition) is 5. The summed E-state index contributed by atoms with van der Waals surface area (Å²) in [5.74, 6) is 0.419. The van der Waals surface area contributed by atoms with Crippen molar-refractivity contribution in [2.75, 3.05) is 5.32 Å². The number of fused-ring (bicyclic) bond motifs is 1. The molecule has 7 nitrogen and oxygen atoms in total. The number of esters is 1. The zero-order valence-electron chi connectivity index (χ0n) is 16.9. The highest BCUT2D eigenvalue weighted by atomic mass is 16.5. The Morgan fingerprint density at radius 2 is 1.74 bits per heavy atom. The van der Waals surface area contributed by atoms with E-state index in [9.17, 15) is 9.59 Å². The van der Waals surface area contributed by atoms with E-state index in [-0.39, 0.29) is 0 Å². The van der Waals surface area contributed by atoms with Gasteiger partial charge < -0.3 is 19.8 Å². The van der Waals surface area contributed by atoms with Crippen molar-refractivity contribution in [3.05, 3.63) is 84.7 Å². The summed E-state index contributed by atoms with van der Waals surface area (Å²) in [7, 11) is 0. The summed E-state index contributed by atoms with van der Waals surface area (Å²) < 4.78 is 11.2. The highest BCUT2D eigenvalue weighted by Gasteiger charge is 2.22. The minimum atomic E-state index is -0.912. The van der Waals surface area contributed by atoms with Crippen LogP contribution in [0, 0.1) is 0 Å². The number of ether oxygens (including phenoxy) is 2. The number of hydrogen-bond donors (Lipinski definition) is 2. The van der Waals surface area contributed by atoms with Crippen LogP contribution in [-0.4, -0.2) is 27.9 Å². The molecule has 0 radical (unpaired) electrons. The third kappa shape index (κ3) is 4.90. The molecule has 0 aliphatic rings. The smallest absolute Gasteiger partial charge is 0.338 e. The number of rotatable bonds is 7. The van der Waals surface area contributed by atoms with Crippen molar-refractivity contribution in [2.45, 2.75) is 19.4 Å². The Labute approximate surface area is 179 Å². The SMILES string of the molecule is CCC(OC(=O)c1ccc2nc[nH]c2c1)C(=O)Nc1ccc(Oc2ccccc2)cc1. The summed E-state index contributed by atoms with van der Waals surface area (Å²) in [6, 6.07) is 21.4. The van der Waals surface area contributed by atoms with Crippen LogP contribution >= 0.6 is 0 Å². The van der Waals surface area contributed by atoms with Crippen molar-refractivity contribution in [3.63, 3.8) is 0 Å². The van der Waals surface area contributed by atoms with Gasteiger partial charge in [-0.1, -0.05) is 25.1 Å². The molecule has 0 aliphatic heterocycles. The van der Waals surface area contributed by atoms with Crippen LogP contribution in [0.5, 0.6) is 11.5 Å². The van der Waals surface area contributed by atoms with Crippen LogP contribution in [0.3, 0.4) is 0 Å². The molecule has 1 unspecified atom stereocenters. The van der Waals surface area contributed by atoms with Gasteiger partial charge in [-0.2, -0.15) is 0 Å². The van der Waals surface area contributed by atoms with Crippen molar-refractivity contribution in [3.8, 4) is 11.5 Å². The second kappa shape index (κ2) is 9.13. The first-order chi connectivity index (χ1) is 15.1. The van der Waals surface area contributed by atoms with Gasteiger partial charge in [0.15, 0.2) is 6.10 Å². The molecule has 1 amide bonds. The van der Waals surface area contributed by atoms with Crippen LogP contribution in [0.25, 0.3) is 11.0 Å². The number of H-pyrrole nitrogens is 1. The third-order valence-electron chi connectivity index (χ3n) is 4.67. The second-order valence-electron chi connectivity index (χ2n) is 6.87. The van der Waals surface area contributed by atoms with Gasteiger partial charge in [-0.3, -0.25) is 4.79 Å². The molecule has 0 spiro atoms. The van der Waals surface area contributed by atoms with Gasteiger partial charge in [0.05, 0.1) is 22.9 Å². The van der Waals surface area contributed by atoms with E-state index in [2.05, 4.69) is 15.3 Å². The Kier molecular flexibility index (Phi) is 5.93. The minimum absolute atomic E-state index is 0.346. The summed E-state index contributed by atoms with van der Waals surface area (Å²) in [4.78, 5) is 32.2. The Hall–Kier alpha value is -4.13. The van der Waals surface area contributed by atoms with Gasteiger partial charge in [-0.15, -0.1) is 0 Å². The molecule has 0 fully saturated rings. The number of benzene rings is 3. The van der Waals surface area contributed by atoms with Crippen LogP contribution < -0.4 is 10.1 Å². The number of carbonyl (C=O) groups is 2. The molecule has 7 heteroatoms. The number of aromatic amines is 1. The molecular weight excluding hydrogens is 394 g/mol. The van der Waals surface area contributed by atoms with E-state index in [1.54, 1.807) is 55.7 Å². The molecule has 0 saturated heterocycles. The van der Waals surface area contributed by atoms with Gasteiger partial charge >= 0.3 is 5.97 Å².